The minimum absolute atomic E-state index is 0.316. The molecule has 1 aromatic heterocycles. The van der Waals surface area contributed by atoms with Crippen LogP contribution >= 0.6 is 0 Å². The van der Waals surface area contributed by atoms with Crippen LogP contribution in [0, 0.1) is 12.3 Å². The predicted octanol–water partition coefficient (Wildman–Crippen LogP) is 2.51. The Morgan fingerprint density at radius 1 is 1.45 bits per heavy atom. The van der Waals surface area contributed by atoms with Gasteiger partial charge in [-0.1, -0.05) is 18.1 Å². The zero-order chi connectivity index (χ0) is 16.3. The summed E-state index contributed by atoms with van der Waals surface area (Å²) in [6, 6.07) is 6.47. The summed E-state index contributed by atoms with van der Waals surface area (Å²) in [5, 5.41) is 9.48. The van der Waals surface area contributed by atoms with Gasteiger partial charge in [0.15, 0.2) is 0 Å². The second-order valence-corrected chi connectivity index (χ2v) is 4.99. The molecular weight excluding hydrogens is 282 g/mol. The fourth-order valence-corrected chi connectivity index (χ4v) is 2.12. The maximum atomic E-state index is 11.7. The third-order valence-electron chi connectivity index (χ3n) is 3.06. The Kier molecular flexibility index (Phi) is 4.33. The first kappa shape index (κ1) is 15.4. The van der Waals surface area contributed by atoms with Gasteiger partial charge in [-0.25, -0.2) is 9.59 Å². The Balaban J connectivity index is 2.52. The molecule has 0 aliphatic heterocycles. The first-order chi connectivity index (χ1) is 10.4. The second-order valence-electron chi connectivity index (χ2n) is 4.99. The monoisotopic (exact) mass is 297 g/mol. The first-order valence-corrected chi connectivity index (χ1v) is 6.56. The zero-order valence-electron chi connectivity index (χ0n) is 12.1. The van der Waals surface area contributed by atoms with E-state index in [9.17, 15) is 9.59 Å². The predicted molar refractivity (Wildman–Crippen MR) is 85.3 cm³/mol. The fourth-order valence-electron chi connectivity index (χ4n) is 2.12. The average Bonchev–Trinajstić information content (AvgIpc) is 2.44. The molecule has 0 fully saturated rings. The molecule has 2 aromatic rings. The van der Waals surface area contributed by atoms with E-state index in [1.54, 1.807) is 18.2 Å². The molecule has 0 aliphatic rings. The van der Waals surface area contributed by atoms with Crippen LogP contribution in [0.25, 0.3) is 11.0 Å². The smallest absolute Gasteiger partial charge is 0.351 e. The summed E-state index contributed by atoms with van der Waals surface area (Å²) in [6.45, 7) is 6.72. The molecule has 0 aliphatic carbocycles. The van der Waals surface area contributed by atoms with Gasteiger partial charge in [-0.15, -0.1) is 6.42 Å². The molecule has 1 heterocycles. The van der Waals surface area contributed by atoms with Gasteiger partial charge in [-0.2, -0.15) is 0 Å². The summed E-state index contributed by atoms with van der Waals surface area (Å²) in [6.07, 6.45) is 5.37. The number of benzene rings is 1. The number of hydrogen-bond acceptors (Lipinski definition) is 4. The van der Waals surface area contributed by atoms with Crippen LogP contribution in [0.4, 0.5) is 5.69 Å². The van der Waals surface area contributed by atoms with E-state index in [0.29, 0.717) is 24.1 Å². The van der Waals surface area contributed by atoms with Crippen molar-refractivity contribution in [3.05, 3.63) is 52.4 Å². The van der Waals surface area contributed by atoms with Gasteiger partial charge >= 0.3 is 11.6 Å². The van der Waals surface area contributed by atoms with E-state index in [2.05, 4.69) is 12.5 Å². The zero-order valence-corrected chi connectivity index (χ0v) is 12.1. The maximum absolute atomic E-state index is 11.7. The van der Waals surface area contributed by atoms with Crippen molar-refractivity contribution in [2.24, 2.45) is 0 Å². The van der Waals surface area contributed by atoms with Crippen LogP contribution in [0.3, 0.4) is 0 Å². The highest BCUT2D eigenvalue weighted by Gasteiger charge is 2.13. The van der Waals surface area contributed by atoms with Crippen molar-refractivity contribution in [1.82, 2.24) is 0 Å². The SMILES string of the molecule is C#CCN(CC(=C)C)c1ccc2cc(C(=O)O)c(=O)oc2c1. The highest BCUT2D eigenvalue weighted by molar-refractivity contribution is 5.92. The third kappa shape index (κ3) is 3.18. The van der Waals surface area contributed by atoms with Crippen molar-refractivity contribution in [1.29, 1.82) is 0 Å². The van der Waals surface area contributed by atoms with Gasteiger partial charge in [-0.3, -0.25) is 0 Å². The molecular formula is C17H15NO4. The molecule has 0 spiro atoms. The third-order valence-corrected chi connectivity index (χ3v) is 3.06. The lowest BCUT2D eigenvalue weighted by atomic mass is 10.1. The number of fused-ring (bicyclic) bond motifs is 1. The van der Waals surface area contributed by atoms with E-state index < -0.39 is 11.6 Å². The number of terminal acetylenes is 1. The van der Waals surface area contributed by atoms with Crippen molar-refractivity contribution >= 4 is 22.6 Å². The van der Waals surface area contributed by atoms with E-state index in [-0.39, 0.29) is 5.56 Å². The number of rotatable bonds is 5. The normalized spacial score (nSPS) is 10.2. The number of nitrogens with zero attached hydrogens (tertiary/aromatic N) is 1. The maximum Gasteiger partial charge on any atom is 0.351 e. The van der Waals surface area contributed by atoms with Crippen LogP contribution in [0.2, 0.25) is 0 Å². The molecule has 2 rings (SSSR count). The number of carboxylic acid groups (broad SMARTS) is 1. The molecule has 0 saturated heterocycles. The van der Waals surface area contributed by atoms with Crippen LogP contribution in [-0.2, 0) is 0 Å². The van der Waals surface area contributed by atoms with Gasteiger partial charge in [0.1, 0.15) is 11.1 Å². The molecule has 5 nitrogen and oxygen atoms in total. The Hall–Kier alpha value is -3.00. The Morgan fingerprint density at radius 3 is 2.77 bits per heavy atom. The molecule has 112 valence electrons. The molecule has 0 bridgehead atoms. The highest BCUT2D eigenvalue weighted by atomic mass is 16.4. The summed E-state index contributed by atoms with van der Waals surface area (Å²) in [5.41, 5.74) is 0.775. The molecule has 0 unspecified atom stereocenters. The van der Waals surface area contributed by atoms with Crippen molar-refractivity contribution < 1.29 is 14.3 Å². The summed E-state index contributed by atoms with van der Waals surface area (Å²) >= 11 is 0. The lowest BCUT2D eigenvalue weighted by Gasteiger charge is -2.22. The second kappa shape index (κ2) is 6.19. The summed E-state index contributed by atoms with van der Waals surface area (Å²) in [4.78, 5) is 24.5. The Bertz CT molecular complexity index is 842. The number of carbonyl (C=O) groups is 1. The minimum Gasteiger partial charge on any atom is -0.477 e. The summed E-state index contributed by atoms with van der Waals surface area (Å²) in [7, 11) is 0. The van der Waals surface area contributed by atoms with Crippen LogP contribution in [0.1, 0.15) is 17.3 Å². The standard InChI is InChI=1S/C17H15NO4/c1-4-7-18(10-11(2)3)13-6-5-12-8-14(16(19)20)17(21)22-15(12)9-13/h1,5-6,8-9H,2,7,10H2,3H3,(H,19,20). The number of carboxylic acids is 1. The van der Waals surface area contributed by atoms with Crippen molar-refractivity contribution in [3.63, 3.8) is 0 Å². The molecule has 1 N–H and O–H groups in total. The fraction of sp³-hybridized carbons (Fsp3) is 0.176. The van der Waals surface area contributed by atoms with Gasteiger partial charge in [0, 0.05) is 23.7 Å². The van der Waals surface area contributed by atoms with Gasteiger partial charge in [0.25, 0.3) is 0 Å². The van der Waals surface area contributed by atoms with E-state index in [1.165, 1.54) is 6.07 Å². The van der Waals surface area contributed by atoms with E-state index in [1.807, 2.05) is 11.8 Å². The van der Waals surface area contributed by atoms with Crippen LogP contribution in [-0.4, -0.2) is 24.2 Å². The molecule has 5 heteroatoms. The first-order valence-electron chi connectivity index (χ1n) is 6.56. The van der Waals surface area contributed by atoms with Gasteiger partial charge < -0.3 is 14.4 Å². The van der Waals surface area contributed by atoms with Crippen molar-refractivity contribution in [3.8, 4) is 12.3 Å². The lowest BCUT2D eigenvalue weighted by molar-refractivity contribution is 0.0692. The van der Waals surface area contributed by atoms with E-state index >= 15 is 0 Å². The summed E-state index contributed by atoms with van der Waals surface area (Å²) < 4.78 is 5.09. The number of anilines is 1. The topological polar surface area (TPSA) is 70.8 Å². The minimum atomic E-state index is -1.31. The summed E-state index contributed by atoms with van der Waals surface area (Å²) in [5.74, 6) is 1.26. The molecule has 22 heavy (non-hydrogen) atoms. The Labute approximate surface area is 127 Å². The molecule has 0 atom stereocenters. The van der Waals surface area contributed by atoms with Gasteiger partial charge in [0.2, 0.25) is 0 Å². The van der Waals surface area contributed by atoms with Crippen molar-refractivity contribution in [2.75, 3.05) is 18.0 Å². The Morgan fingerprint density at radius 2 is 2.18 bits per heavy atom. The van der Waals surface area contributed by atoms with Crippen LogP contribution < -0.4 is 10.5 Å². The van der Waals surface area contributed by atoms with E-state index in [0.717, 1.165) is 11.3 Å². The number of hydrogen-bond donors (Lipinski definition) is 1. The van der Waals surface area contributed by atoms with Gasteiger partial charge in [0.05, 0.1) is 6.54 Å². The number of aromatic carboxylic acids is 1. The average molecular weight is 297 g/mol. The molecule has 1 aromatic carbocycles. The largest absolute Gasteiger partial charge is 0.477 e. The van der Waals surface area contributed by atoms with Crippen LogP contribution in [0.15, 0.2) is 45.6 Å². The van der Waals surface area contributed by atoms with Crippen molar-refractivity contribution in [2.45, 2.75) is 6.92 Å². The molecule has 0 saturated carbocycles. The lowest BCUT2D eigenvalue weighted by Crippen LogP contribution is -2.25. The molecule has 0 amide bonds. The van der Waals surface area contributed by atoms with Crippen LogP contribution in [0.5, 0.6) is 0 Å². The van der Waals surface area contributed by atoms with Gasteiger partial charge in [-0.05, 0) is 25.1 Å². The highest BCUT2D eigenvalue weighted by Crippen LogP contribution is 2.22. The molecule has 0 radical (unpaired) electrons. The van der Waals surface area contributed by atoms with E-state index in [4.69, 9.17) is 15.9 Å². The quantitative estimate of drug-likeness (QED) is 0.521.